The molecule has 140 valence electrons. The first-order valence-electron chi connectivity index (χ1n) is 8.47. The van der Waals surface area contributed by atoms with Crippen LogP contribution in [-0.4, -0.2) is 34.8 Å². The molecule has 0 saturated carbocycles. The number of hydrogen-bond donors (Lipinski definition) is 1. The molecule has 0 radical (unpaired) electrons. The molecule has 0 unspecified atom stereocenters. The number of carbonyl (C=O) groups excluding carboxylic acids is 1. The first-order chi connectivity index (χ1) is 13.1. The summed E-state index contributed by atoms with van der Waals surface area (Å²) in [6.07, 6.45) is 2.66. The third-order valence-electron chi connectivity index (χ3n) is 4.20. The Hall–Kier alpha value is -2.83. The Bertz CT molecular complexity index is 909. The van der Waals surface area contributed by atoms with Gasteiger partial charge in [-0.1, -0.05) is 29.8 Å². The lowest BCUT2D eigenvalue weighted by atomic mass is 10.1. The topological polar surface area (TPSA) is 67.6 Å². The maximum atomic E-state index is 11.9. The van der Waals surface area contributed by atoms with E-state index in [1.807, 2.05) is 54.7 Å². The van der Waals surface area contributed by atoms with Crippen molar-refractivity contribution in [3.8, 4) is 5.69 Å². The number of nitrogens with zero attached hydrogens (tertiary/aromatic N) is 3. The first-order valence-corrected chi connectivity index (χ1v) is 8.85. The summed E-state index contributed by atoms with van der Waals surface area (Å²) in [6, 6.07) is 16.9. The molecule has 0 spiro atoms. The lowest BCUT2D eigenvalue weighted by molar-refractivity contribution is 0.168. The minimum Gasteiger partial charge on any atom is -0.452 e. The van der Waals surface area contributed by atoms with Crippen LogP contribution in [0.4, 0.5) is 10.5 Å². The van der Waals surface area contributed by atoms with Gasteiger partial charge in [0.2, 0.25) is 0 Å². The van der Waals surface area contributed by atoms with Gasteiger partial charge in [0.15, 0.2) is 0 Å². The second kappa shape index (κ2) is 8.70. The summed E-state index contributed by atoms with van der Waals surface area (Å²) in [5.41, 5.74) is 3.42. The van der Waals surface area contributed by atoms with Gasteiger partial charge < -0.3 is 9.84 Å². The van der Waals surface area contributed by atoms with E-state index in [-0.39, 0.29) is 0 Å². The average Bonchev–Trinajstić information content (AvgIpc) is 3.17. The number of halogens is 1. The predicted molar refractivity (Wildman–Crippen MR) is 104 cm³/mol. The molecule has 6 nitrogen and oxygen atoms in total. The first kappa shape index (κ1) is 18.9. The van der Waals surface area contributed by atoms with Gasteiger partial charge in [-0.2, -0.15) is 5.10 Å². The van der Waals surface area contributed by atoms with Crippen molar-refractivity contribution in [3.63, 3.8) is 0 Å². The van der Waals surface area contributed by atoms with Gasteiger partial charge in [-0.3, -0.25) is 4.90 Å². The van der Waals surface area contributed by atoms with Gasteiger partial charge in [0.25, 0.3) is 0 Å². The number of aryl methyl sites for hydroxylation is 2. The molecule has 0 aliphatic heterocycles. The van der Waals surface area contributed by atoms with E-state index in [0.717, 1.165) is 16.9 Å². The monoisotopic (exact) mass is 385 g/mol. The Balaban J connectivity index is 1.74. The number of amides is 1. The van der Waals surface area contributed by atoms with Crippen molar-refractivity contribution in [2.45, 2.75) is 12.8 Å². The van der Waals surface area contributed by atoms with Gasteiger partial charge in [-0.15, -0.1) is 0 Å². The Morgan fingerprint density at radius 1 is 1.15 bits per heavy atom. The third-order valence-corrected chi connectivity index (χ3v) is 4.46. The molecule has 0 fully saturated rings. The highest BCUT2D eigenvalue weighted by molar-refractivity contribution is 6.30. The second-order valence-corrected chi connectivity index (χ2v) is 6.33. The molecule has 1 heterocycles. The Kier molecular flexibility index (Phi) is 6.11. The van der Waals surface area contributed by atoms with Crippen LogP contribution in [0.5, 0.6) is 0 Å². The number of benzene rings is 2. The van der Waals surface area contributed by atoms with E-state index in [1.54, 1.807) is 10.7 Å². The number of para-hydroxylation sites is 1. The van der Waals surface area contributed by atoms with Gasteiger partial charge in [0.1, 0.15) is 6.73 Å². The lowest BCUT2D eigenvalue weighted by Gasteiger charge is -2.21. The smallest absolute Gasteiger partial charge is 0.415 e. The van der Waals surface area contributed by atoms with Gasteiger partial charge in [0, 0.05) is 11.2 Å². The standard InChI is InChI=1S/C20H20ClN3O3/c1-27-20(26)23(14-25)19-5-3-2-4-15(19)6-9-17-12-13-24(22-17)18-10-7-16(21)8-11-18/h2-5,7-8,10-13,25H,6,9,14H2,1H3. The summed E-state index contributed by atoms with van der Waals surface area (Å²) in [5, 5.41) is 14.8. The highest BCUT2D eigenvalue weighted by Crippen LogP contribution is 2.22. The summed E-state index contributed by atoms with van der Waals surface area (Å²) in [4.78, 5) is 13.1. The van der Waals surface area contributed by atoms with Crippen LogP contribution < -0.4 is 4.90 Å². The average molecular weight is 386 g/mol. The molecular weight excluding hydrogens is 366 g/mol. The number of methoxy groups -OCH3 is 1. The van der Waals surface area contributed by atoms with E-state index in [0.29, 0.717) is 23.6 Å². The normalized spacial score (nSPS) is 10.6. The summed E-state index contributed by atoms with van der Waals surface area (Å²) in [7, 11) is 1.29. The molecule has 27 heavy (non-hydrogen) atoms. The number of anilines is 1. The molecule has 0 atom stereocenters. The number of aliphatic hydroxyl groups excluding tert-OH is 1. The van der Waals surface area contributed by atoms with E-state index in [9.17, 15) is 9.90 Å². The summed E-state index contributed by atoms with van der Waals surface area (Å²) < 4.78 is 6.54. The molecule has 3 rings (SSSR count). The zero-order valence-corrected chi connectivity index (χ0v) is 15.6. The Labute approximate surface area is 162 Å². The van der Waals surface area contributed by atoms with Crippen molar-refractivity contribution in [1.29, 1.82) is 0 Å². The summed E-state index contributed by atoms with van der Waals surface area (Å²) >= 11 is 5.92. The third kappa shape index (κ3) is 4.48. The number of aromatic nitrogens is 2. The van der Waals surface area contributed by atoms with Crippen LogP contribution in [0, 0.1) is 0 Å². The van der Waals surface area contributed by atoms with E-state index >= 15 is 0 Å². The molecule has 0 bridgehead atoms. The number of rotatable bonds is 6. The largest absolute Gasteiger partial charge is 0.452 e. The lowest BCUT2D eigenvalue weighted by Crippen LogP contribution is -2.32. The van der Waals surface area contributed by atoms with Crippen LogP contribution in [0.2, 0.25) is 5.02 Å². The minimum atomic E-state index is -0.600. The van der Waals surface area contributed by atoms with Crippen molar-refractivity contribution in [2.24, 2.45) is 0 Å². The quantitative estimate of drug-likeness (QED) is 0.655. The van der Waals surface area contributed by atoms with Gasteiger partial charge >= 0.3 is 6.09 Å². The number of ether oxygens (including phenoxy) is 1. The molecule has 1 aromatic heterocycles. The fraction of sp³-hybridized carbons (Fsp3) is 0.200. The molecule has 2 aromatic carbocycles. The van der Waals surface area contributed by atoms with Crippen molar-refractivity contribution < 1.29 is 14.6 Å². The molecule has 0 aliphatic rings. The fourth-order valence-corrected chi connectivity index (χ4v) is 2.95. The van der Waals surface area contributed by atoms with E-state index in [1.165, 1.54) is 12.0 Å². The minimum absolute atomic E-state index is 0.450. The van der Waals surface area contributed by atoms with E-state index in [4.69, 9.17) is 16.3 Å². The van der Waals surface area contributed by atoms with Crippen molar-refractivity contribution in [1.82, 2.24) is 9.78 Å². The molecule has 1 amide bonds. The molecule has 0 saturated heterocycles. The molecule has 1 N–H and O–H groups in total. The van der Waals surface area contributed by atoms with Crippen LogP contribution in [0.1, 0.15) is 11.3 Å². The van der Waals surface area contributed by atoms with Gasteiger partial charge in [0.05, 0.1) is 24.2 Å². The Morgan fingerprint density at radius 3 is 2.59 bits per heavy atom. The molecule has 3 aromatic rings. The maximum Gasteiger partial charge on any atom is 0.415 e. The summed E-state index contributed by atoms with van der Waals surface area (Å²) in [6.45, 7) is -0.450. The van der Waals surface area contributed by atoms with Crippen molar-refractivity contribution in [3.05, 3.63) is 77.1 Å². The van der Waals surface area contributed by atoms with E-state index in [2.05, 4.69) is 5.10 Å². The molecular formula is C20H20ClN3O3. The van der Waals surface area contributed by atoms with Crippen LogP contribution >= 0.6 is 11.6 Å². The molecule has 0 aliphatic carbocycles. The zero-order valence-electron chi connectivity index (χ0n) is 14.9. The second-order valence-electron chi connectivity index (χ2n) is 5.90. The van der Waals surface area contributed by atoms with Crippen LogP contribution in [0.25, 0.3) is 5.69 Å². The van der Waals surface area contributed by atoms with Crippen molar-refractivity contribution >= 4 is 23.4 Å². The predicted octanol–water partition coefficient (Wildman–Crippen LogP) is 3.83. The number of hydrogen-bond acceptors (Lipinski definition) is 4. The highest BCUT2D eigenvalue weighted by atomic mass is 35.5. The van der Waals surface area contributed by atoms with E-state index < -0.39 is 12.8 Å². The van der Waals surface area contributed by atoms with Crippen LogP contribution in [0.15, 0.2) is 60.8 Å². The highest BCUT2D eigenvalue weighted by Gasteiger charge is 2.18. The number of aliphatic hydroxyl groups is 1. The van der Waals surface area contributed by atoms with Gasteiger partial charge in [-0.25, -0.2) is 9.48 Å². The SMILES string of the molecule is COC(=O)N(CO)c1ccccc1CCc1ccn(-c2ccc(Cl)cc2)n1. The molecule has 7 heteroatoms. The van der Waals surface area contributed by atoms with Crippen molar-refractivity contribution in [2.75, 3.05) is 18.7 Å². The van der Waals surface area contributed by atoms with Crippen LogP contribution in [0.3, 0.4) is 0 Å². The van der Waals surface area contributed by atoms with Gasteiger partial charge in [-0.05, 0) is 54.8 Å². The Morgan fingerprint density at radius 2 is 1.89 bits per heavy atom. The fourth-order valence-electron chi connectivity index (χ4n) is 2.82. The number of carbonyl (C=O) groups is 1. The maximum absolute atomic E-state index is 11.9. The van der Waals surface area contributed by atoms with Crippen LogP contribution in [-0.2, 0) is 17.6 Å². The zero-order chi connectivity index (χ0) is 19.2. The summed E-state index contributed by atoms with van der Waals surface area (Å²) in [5.74, 6) is 0.